The Labute approximate surface area is 110 Å². The van der Waals surface area contributed by atoms with E-state index in [0.717, 1.165) is 4.31 Å². The summed E-state index contributed by atoms with van der Waals surface area (Å²) in [6.45, 7) is 0.171. The Balaban J connectivity index is 2.29. The number of aliphatic carboxylic acids is 1. The summed E-state index contributed by atoms with van der Waals surface area (Å²) in [4.78, 5) is 10.9. The summed E-state index contributed by atoms with van der Waals surface area (Å²) in [5.74, 6) is -1.64. The summed E-state index contributed by atoms with van der Waals surface area (Å²) in [6, 6.07) is 7.60. The number of carbonyl (C=O) groups is 1. The van der Waals surface area contributed by atoms with Crippen molar-refractivity contribution in [2.24, 2.45) is 5.92 Å². The molecule has 6 nitrogen and oxygen atoms in total. The van der Waals surface area contributed by atoms with Gasteiger partial charge in [0.05, 0.1) is 22.4 Å². The molecule has 7 heteroatoms. The minimum atomic E-state index is -3.72. The zero-order valence-corrected chi connectivity index (χ0v) is 10.8. The molecule has 0 bridgehead atoms. The molecule has 0 unspecified atom stereocenters. The Kier molecular flexibility index (Phi) is 3.55. The van der Waals surface area contributed by atoms with E-state index < -0.39 is 21.9 Å². The molecule has 0 radical (unpaired) electrons. The molecule has 1 N–H and O–H groups in total. The molecule has 1 heterocycles. The van der Waals surface area contributed by atoms with Crippen LogP contribution in [0.1, 0.15) is 12.0 Å². The number of carboxylic acids is 1. The maximum absolute atomic E-state index is 12.3. The van der Waals surface area contributed by atoms with E-state index in [4.69, 9.17) is 10.4 Å². The Morgan fingerprint density at radius 2 is 2.21 bits per heavy atom. The molecular formula is C12H12N2O4S. The van der Waals surface area contributed by atoms with Gasteiger partial charge in [0.1, 0.15) is 0 Å². The number of sulfonamides is 1. The van der Waals surface area contributed by atoms with Gasteiger partial charge in [0, 0.05) is 13.1 Å². The molecule has 1 saturated heterocycles. The van der Waals surface area contributed by atoms with Gasteiger partial charge in [0.25, 0.3) is 0 Å². The number of hydrogen-bond acceptors (Lipinski definition) is 4. The lowest BCUT2D eigenvalue weighted by molar-refractivity contribution is -0.141. The number of nitriles is 1. The molecule has 1 aromatic rings. The van der Waals surface area contributed by atoms with Crippen molar-refractivity contribution in [3.63, 3.8) is 0 Å². The van der Waals surface area contributed by atoms with E-state index in [1.807, 2.05) is 6.07 Å². The van der Waals surface area contributed by atoms with E-state index in [-0.39, 0.29) is 23.5 Å². The van der Waals surface area contributed by atoms with E-state index in [9.17, 15) is 13.2 Å². The first-order chi connectivity index (χ1) is 8.95. The molecule has 100 valence electrons. The number of benzene rings is 1. The van der Waals surface area contributed by atoms with Crippen molar-refractivity contribution >= 4 is 16.0 Å². The molecule has 0 aliphatic carbocycles. The lowest BCUT2D eigenvalue weighted by atomic mass is 10.1. The minimum absolute atomic E-state index is 0.0194. The van der Waals surface area contributed by atoms with Crippen molar-refractivity contribution < 1.29 is 18.3 Å². The van der Waals surface area contributed by atoms with Crippen LogP contribution in [0.25, 0.3) is 0 Å². The molecule has 0 saturated carbocycles. The van der Waals surface area contributed by atoms with Gasteiger partial charge in [-0.2, -0.15) is 9.57 Å². The molecule has 0 spiro atoms. The zero-order chi connectivity index (χ0) is 14.0. The van der Waals surface area contributed by atoms with E-state index in [1.54, 1.807) is 0 Å². The predicted molar refractivity (Wildman–Crippen MR) is 65.7 cm³/mol. The van der Waals surface area contributed by atoms with Gasteiger partial charge in [-0.25, -0.2) is 8.42 Å². The summed E-state index contributed by atoms with van der Waals surface area (Å²) in [5.41, 5.74) is 0.259. The highest BCUT2D eigenvalue weighted by Gasteiger charge is 2.35. The monoisotopic (exact) mass is 280 g/mol. The predicted octanol–water partition coefficient (Wildman–Crippen LogP) is 0.653. The molecule has 1 aromatic carbocycles. The first kappa shape index (κ1) is 13.5. The van der Waals surface area contributed by atoms with Gasteiger partial charge in [-0.3, -0.25) is 4.79 Å². The second-order valence-corrected chi connectivity index (χ2v) is 6.26. The second kappa shape index (κ2) is 4.99. The molecule has 1 aliphatic rings. The van der Waals surface area contributed by atoms with E-state index in [2.05, 4.69) is 0 Å². The average molecular weight is 280 g/mol. The van der Waals surface area contributed by atoms with Crippen molar-refractivity contribution in [3.05, 3.63) is 29.8 Å². The number of nitrogens with zero attached hydrogens (tertiary/aromatic N) is 2. The maximum atomic E-state index is 12.3. The third-order valence-corrected chi connectivity index (χ3v) is 4.96. The molecular weight excluding hydrogens is 268 g/mol. The average Bonchev–Trinajstić information content (AvgIpc) is 2.89. The first-order valence-electron chi connectivity index (χ1n) is 5.68. The van der Waals surface area contributed by atoms with Gasteiger partial charge in [0.15, 0.2) is 0 Å². The van der Waals surface area contributed by atoms with Crippen molar-refractivity contribution in [1.82, 2.24) is 4.31 Å². The Morgan fingerprint density at radius 1 is 1.47 bits per heavy atom. The Bertz CT molecular complexity index is 648. The molecule has 2 rings (SSSR count). The van der Waals surface area contributed by atoms with E-state index >= 15 is 0 Å². The van der Waals surface area contributed by atoms with Crippen molar-refractivity contribution in [2.45, 2.75) is 11.3 Å². The lowest BCUT2D eigenvalue weighted by Gasteiger charge is -2.15. The van der Waals surface area contributed by atoms with Gasteiger partial charge < -0.3 is 5.11 Å². The fourth-order valence-corrected chi connectivity index (χ4v) is 3.57. The fraction of sp³-hybridized carbons (Fsp3) is 0.333. The molecule has 0 aromatic heterocycles. The first-order valence-corrected chi connectivity index (χ1v) is 7.12. The van der Waals surface area contributed by atoms with E-state index in [1.165, 1.54) is 24.3 Å². The third-order valence-electron chi connectivity index (χ3n) is 3.10. The van der Waals surface area contributed by atoms with Crippen molar-refractivity contribution in [1.29, 1.82) is 5.26 Å². The van der Waals surface area contributed by atoms with Gasteiger partial charge in [-0.1, -0.05) is 6.07 Å². The summed E-state index contributed by atoms with van der Waals surface area (Å²) in [6.07, 6.45) is 0.312. The highest BCUT2D eigenvalue weighted by atomic mass is 32.2. The molecule has 19 heavy (non-hydrogen) atoms. The quantitative estimate of drug-likeness (QED) is 0.876. The van der Waals surface area contributed by atoms with Crippen molar-refractivity contribution in [2.75, 3.05) is 13.1 Å². The topological polar surface area (TPSA) is 98.5 Å². The number of rotatable bonds is 3. The van der Waals surface area contributed by atoms with Crippen LogP contribution in [0.3, 0.4) is 0 Å². The summed E-state index contributed by atoms with van der Waals surface area (Å²) < 4.78 is 25.7. The van der Waals surface area contributed by atoms with Crippen LogP contribution in [0.2, 0.25) is 0 Å². The van der Waals surface area contributed by atoms with Crippen LogP contribution in [0.5, 0.6) is 0 Å². The van der Waals surface area contributed by atoms with Crippen LogP contribution in [0.15, 0.2) is 29.2 Å². The van der Waals surface area contributed by atoms with Crippen LogP contribution in [-0.4, -0.2) is 36.9 Å². The van der Waals surface area contributed by atoms with Crippen LogP contribution in [0, 0.1) is 17.2 Å². The summed E-state index contributed by atoms with van der Waals surface area (Å²) in [7, 11) is -3.72. The van der Waals surface area contributed by atoms with Gasteiger partial charge in [-0.05, 0) is 24.6 Å². The molecule has 1 fully saturated rings. The van der Waals surface area contributed by atoms with Crippen LogP contribution < -0.4 is 0 Å². The zero-order valence-electron chi connectivity index (χ0n) is 9.98. The molecule has 1 aliphatic heterocycles. The summed E-state index contributed by atoms with van der Waals surface area (Å²) >= 11 is 0. The smallest absolute Gasteiger partial charge is 0.307 e. The molecule has 1 atom stereocenters. The Morgan fingerprint density at radius 3 is 2.79 bits per heavy atom. The Hall–Kier alpha value is -1.91. The van der Waals surface area contributed by atoms with E-state index in [0.29, 0.717) is 6.42 Å². The minimum Gasteiger partial charge on any atom is -0.481 e. The third kappa shape index (κ3) is 2.59. The normalized spacial score (nSPS) is 20.1. The number of hydrogen-bond donors (Lipinski definition) is 1. The standard InChI is InChI=1S/C12H12N2O4S/c13-7-9-2-1-3-11(6-9)19(17,18)14-5-4-10(8-14)12(15)16/h1-3,6,10H,4-5,8H2,(H,15,16)/t10-/m0/s1. The highest BCUT2D eigenvalue weighted by molar-refractivity contribution is 7.89. The van der Waals surface area contributed by atoms with Crippen LogP contribution >= 0.6 is 0 Å². The molecule has 0 amide bonds. The van der Waals surface area contributed by atoms with Crippen LogP contribution in [-0.2, 0) is 14.8 Å². The van der Waals surface area contributed by atoms with Crippen molar-refractivity contribution in [3.8, 4) is 6.07 Å². The van der Waals surface area contributed by atoms with Gasteiger partial charge >= 0.3 is 5.97 Å². The largest absolute Gasteiger partial charge is 0.481 e. The SMILES string of the molecule is N#Cc1cccc(S(=O)(=O)N2CC[C@H](C(=O)O)C2)c1. The van der Waals surface area contributed by atoms with Crippen LogP contribution in [0.4, 0.5) is 0 Å². The fourth-order valence-electron chi connectivity index (χ4n) is 2.02. The van der Waals surface area contributed by atoms with Gasteiger partial charge in [-0.15, -0.1) is 0 Å². The lowest BCUT2D eigenvalue weighted by Crippen LogP contribution is -2.30. The number of carboxylic acid groups (broad SMARTS) is 1. The second-order valence-electron chi connectivity index (χ2n) is 4.33. The maximum Gasteiger partial charge on any atom is 0.307 e. The summed E-state index contributed by atoms with van der Waals surface area (Å²) in [5, 5.41) is 17.7. The van der Waals surface area contributed by atoms with Gasteiger partial charge in [0.2, 0.25) is 10.0 Å². The highest BCUT2D eigenvalue weighted by Crippen LogP contribution is 2.24.